The SMILES string of the molecule is c1ccc(-c2ccc3nc4sc5ccccc5c4nc3c2)cc1. The van der Waals surface area contributed by atoms with Crippen LogP contribution in [0.1, 0.15) is 0 Å². The molecule has 3 aromatic carbocycles. The maximum absolute atomic E-state index is 4.90. The molecule has 0 unspecified atom stereocenters. The molecule has 0 N–H and O–H groups in total. The Bertz CT molecular complexity index is 1160. The molecule has 0 radical (unpaired) electrons. The van der Waals surface area contributed by atoms with Gasteiger partial charge in [0.25, 0.3) is 0 Å². The molecule has 0 saturated carbocycles. The van der Waals surface area contributed by atoms with Crippen LogP contribution >= 0.6 is 11.3 Å². The second kappa shape index (κ2) is 4.86. The second-order valence-corrected chi connectivity index (χ2v) is 6.58. The predicted octanol–water partition coefficient (Wildman–Crippen LogP) is 5.66. The van der Waals surface area contributed by atoms with Crippen molar-refractivity contribution in [2.24, 2.45) is 0 Å². The number of fused-ring (bicyclic) bond motifs is 4. The Hall–Kier alpha value is -2.78. The van der Waals surface area contributed by atoms with E-state index in [1.807, 2.05) is 6.07 Å². The first-order valence-corrected chi connectivity index (χ1v) is 8.35. The third-order valence-corrected chi connectivity index (χ3v) is 5.14. The molecule has 0 spiro atoms. The summed E-state index contributed by atoms with van der Waals surface area (Å²) in [5, 5.41) is 1.19. The molecule has 5 aromatic rings. The summed E-state index contributed by atoms with van der Waals surface area (Å²) in [6.07, 6.45) is 0. The molecular formula is C20H12N2S. The molecule has 0 fully saturated rings. The zero-order valence-corrected chi connectivity index (χ0v) is 13.0. The summed E-state index contributed by atoms with van der Waals surface area (Å²) < 4.78 is 1.24. The molecule has 5 rings (SSSR count). The van der Waals surface area contributed by atoms with Gasteiger partial charge in [0.2, 0.25) is 0 Å². The van der Waals surface area contributed by atoms with Gasteiger partial charge in [0.1, 0.15) is 10.3 Å². The Morgan fingerprint density at radius 2 is 1.48 bits per heavy atom. The molecule has 23 heavy (non-hydrogen) atoms. The van der Waals surface area contributed by atoms with E-state index in [-0.39, 0.29) is 0 Å². The normalized spacial score (nSPS) is 11.5. The van der Waals surface area contributed by atoms with Gasteiger partial charge in [0, 0.05) is 10.1 Å². The summed E-state index contributed by atoms with van der Waals surface area (Å²) >= 11 is 1.70. The van der Waals surface area contributed by atoms with Gasteiger partial charge in [-0.2, -0.15) is 0 Å². The number of hydrogen-bond donors (Lipinski definition) is 0. The Morgan fingerprint density at radius 3 is 2.39 bits per heavy atom. The second-order valence-electron chi connectivity index (χ2n) is 5.55. The zero-order valence-electron chi connectivity index (χ0n) is 12.2. The van der Waals surface area contributed by atoms with E-state index in [4.69, 9.17) is 9.97 Å². The van der Waals surface area contributed by atoms with Crippen LogP contribution in [-0.4, -0.2) is 9.97 Å². The van der Waals surface area contributed by atoms with Crippen molar-refractivity contribution in [2.75, 3.05) is 0 Å². The van der Waals surface area contributed by atoms with Gasteiger partial charge < -0.3 is 0 Å². The Labute approximate surface area is 137 Å². The van der Waals surface area contributed by atoms with E-state index in [0.29, 0.717) is 0 Å². The molecule has 3 heteroatoms. The molecule has 0 amide bonds. The third-order valence-electron chi connectivity index (χ3n) is 4.09. The lowest BCUT2D eigenvalue weighted by Crippen LogP contribution is -1.86. The van der Waals surface area contributed by atoms with Gasteiger partial charge in [-0.15, -0.1) is 11.3 Å². The summed E-state index contributed by atoms with van der Waals surface area (Å²) in [5.41, 5.74) is 5.27. The number of nitrogens with zero attached hydrogens (tertiary/aromatic N) is 2. The molecule has 0 atom stereocenters. The lowest BCUT2D eigenvalue weighted by Gasteiger charge is -2.03. The highest BCUT2D eigenvalue weighted by atomic mass is 32.1. The van der Waals surface area contributed by atoms with Crippen LogP contribution in [-0.2, 0) is 0 Å². The monoisotopic (exact) mass is 312 g/mol. The van der Waals surface area contributed by atoms with E-state index < -0.39 is 0 Å². The number of thiophene rings is 1. The Kier molecular flexibility index (Phi) is 2.69. The summed E-state index contributed by atoms with van der Waals surface area (Å²) in [7, 11) is 0. The first-order valence-electron chi connectivity index (χ1n) is 7.53. The van der Waals surface area contributed by atoms with Crippen molar-refractivity contribution < 1.29 is 0 Å². The molecule has 0 aliphatic heterocycles. The van der Waals surface area contributed by atoms with Gasteiger partial charge in [0.15, 0.2) is 0 Å². The van der Waals surface area contributed by atoms with Gasteiger partial charge in [-0.3, -0.25) is 0 Å². The molecule has 2 aromatic heterocycles. The lowest BCUT2D eigenvalue weighted by molar-refractivity contribution is 1.43. The largest absolute Gasteiger partial charge is 0.243 e. The molecule has 0 bridgehead atoms. The van der Waals surface area contributed by atoms with Crippen molar-refractivity contribution in [2.45, 2.75) is 0 Å². The van der Waals surface area contributed by atoms with Crippen LogP contribution in [0.4, 0.5) is 0 Å². The van der Waals surface area contributed by atoms with Crippen molar-refractivity contribution in [1.82, 2.24) is 9.97 Å². The summed E-state index contributed by atoms with van der Waals surface area (Å²) in [5.74, 6) is 0. The molecule has 2 nitrogen and oxygen atoms in total. The average Bonchev–Trinajstić information content (AvgIpc) is 2.97. The fourth-order valence-electron chi connectivity index (χ4n) is 2.95. The van der Waals surface area contributed by atoms with E-state index in [1.54, 1.807) is 11.3 Å². The van der Waals surface area contributed by atoms with E-state index in [1.165, 1.54) is 21.2 Å². The Balaban J connectivity index is 1.81. The van der Waals surface area contributed by atoms with Gasteiger partial charge in [-0.05, 0) is 29.3 Å². The minimum atomic E-state index is 0.947. The third kappa shape index (κ3) is 2.01. The van der Waals surface area contributed by atoms with Crippen molar-refractivity contribution in [3.63, 3.8) is 0 Å². The quantitative estimate of drug-likeness (QED) is 0.399. The number of hydrogen-bond acceptors (Lipinski definition) is 3. The van der Waals surface area contributed by atoms with Crippen LogP contribution in [0.5, 0.6) is 0 Å². The maximum Gasteiger partial charge on any atom is 0.143 e. The smallest absolute Gasteiger partial charge is 0.143 e. The molecule has 108 valence electrons. The van der Waals surface area contributed by atoms with Crippen molar-refractivity contribution in [1.29, 1.82) is 0 Å². The standard InChI is InChI=1S/C20H12N2S/c1-2-6-13(7-3-1)14-10-11-16-17(12-14)21-19-15-8-4-5-9-18(15)23-20(19)22-16/h1-12H. The number of aromatic nitrogens is 2. The van der Waals surface area contributed by atoms with E-state index in [2.05, 4.69) is 66.7 Å². The van der Waals surface area contributed by atoms with Crippen molar-refractivity contribution >= 4 is 42.8 Å². The summed E-state index contributed by atoms with van der Waals surface area (Å²) in [6.45, 7) is 0. The zero-order chi connectivity index (χ0) is 15.2. The van der Waals surface area contributed by atoms with Crippen LogP contribution in [0.2, 0.25) is 0 Å². The van der Waals surface area contributed by atoms with Crippen LogP contribution in [0, 0.1) is 0 Å². The van der Waals surface area contributed by atoms with Crippen LogP contribution in [0.25, 0.3) is 42.6 Å². The highest BCUT2D eigenvalue weighted by Gasteiger charge is 2.09. The van der Waals surface area contributed by atoms with Crippen LogP contribution < -0.4 is 0 Å². The molecule has 0 saturated heterocycles. The highest BCUT2D eigenvalue weighted by molar-refractivity contribution is 7.25. The molecule has 2 heterocycles. The number of rotatable bonds is 1. The van der Waals surface area contributed by atoms with Gasteiger partial charge in [-0.25, -0.2) is 9.97 Å². The number of benzene rings is 3. The molecule has 0 aliphatic carbocycles. The van der Waals surface area contributed by atoms with Crippen molar-refractivity contribution in [3.8, 4) is 11.1 Å². The first-order chi connectivity index (χ1) is 11.4. The molecular weight excluding hydrogens is 300 g/mol. The fraction of sp³-hybridized carbons (Fsp3) is 0. The molecule has 0 aliphatic rings. The van der Waals surface area contributed by atoms with Crippen molar-refractivity contribution in [3.05, 3.63) is 72.8 Å². The van der Waals surface area contributed by atoms with E-state index >= 15 is 0 Å². The van der Waals surface area contributed by atoms with Gasteiger partial charge in [0.05, 0.1) is 11.0 Å². The average molecular weight is 312 g/mol. The maximum atomic E-state index is 4.90. The van der Waals surface area contributed by atoms with Crippen LogP contribution in [0.3, 0.4) is 0 Å². The van der Waals surface area contributed by atoms with Gasteiger partial charge >= 0.3 is 0 Å². The summed E-state index contributed by atoms with van der Waals surface area (Å²) in [4.78, 5) is 10.7. The fourth-order valence-corrected chi connectivity index (χ4v) is 3.98. The Morgan fingerprint density at radius 1 is 0.652 bits per heavy atom. The predicted molar refractivity (Wildman–Crippen MR) is 97.9 cm³/mol. The minimum Gasteiger partial charge on any atom is -0.243 e. The van der Waals surface area contributed by atoms with Gasteiger partial charge in [-0.1, -0.05) is 54.6 Å². The first kappa shape index (κ1) is 12.7. The lowest BCUT2D eigenvalue weighted by atomic mass is 10.1. The summed E-state index contributed by atoms with van der Waals surface area (Å²) in [6, 6.07) is 25.1. The van der Waals surface area contributed by atoms with E-state index in [0.717, 1.165) is 21.4 Å². The topological polar surface area (TPSA) is 25.8 Å². The van der Waals surface area contributed by atoms with E-state index in [9.17, 15) is 0 Å². The minimum absolute atomic E-state index is 0.947. The van der Waals surface area contributed by atoms with Crippen LogP contribution in [0.15, 0.2) is 72.8 Å². The highest BCUT2D eigenvalue weighted by Crippen LogP contribution is 2.33.